The van der Waals surface area contributed by atoms with E-state index in [-0.39, 0.29) is 6.04 Å². The summed E-state index contributed by atoms with van der Waals surface area (Å²) in [4.78, 5) is 2.87. The average molecular weight is 251 g/mol. The molecule has 96 valence electrons. The Morgan fingerprint density at radius 3 is 2.47 bits per heavy atom. The fraction of sp³-hybridized carbons (Fsp3) is 0.733. The number of rotatable bonds is 4. The highest BCUT2D eigenvalue weighted by molar-refractivity contribution is 7.12. The molecule has 0 radical (unpaired) electrons. The Labute approximate surface area is 109 Å². The summed E-state index contributed by atoms with van der Waals surface area (Å²) in [6.45, 7) is 4.53. The molecule has 1 atom stereocenters. The molecule has 1 heterocycles. The number of aryl methyl sites for hydroxylation is 1. The lowest BCUT2D eigenvalue weighted by atomic mass is 9.77. The van der Waals surface area contributed by atoms with Gasteiger partial charge in [0, 0.05) is 15.8 Å². The first-order valence-corrected chi connectivity index (χ1v) is 7.90. The van der Waals surface area contributed by atoms with Crippen LogP contribution in [0.25, 0.3) is 0 Å². The van der Waals surface area contributed by atoms with Crippen molar-refractivity contribution in [2.75, 3.05) is 0 Å². The molecule has 1 fully saturated rings. The average Bonchev–Trinajstić information content (AvgIpc) is 2.87. The summed E-state index contributed by atoms with van der Waals surface area (Å²) < 4.78 is 0. The maximum Gasteiger partial charge on any atom is 0.0418 e. The molecule has 0 bridgehead atoms. The monoisotopic (exact) mass is 251 g/mol. The third kappa shape index (κ3) is 3.11. The molecule has 0 aromatic carbocycles. The van der Waals surface area contributed by atoms with Crippen LogP contribution in [0.4, 0.5) is 0 Å². The molecule has 17 heavy (non-hydrogen) atoms. The first kappa shape index (κ1) is 13.1. The van der Waals surface area contributed by atoms with Gasteiger partial charge < -0.3 is 5.73 Å². The smallest absolute Gasteiger partial charge is 0.0418 e. The highest BCUT2D eigenvalue weighted by Gasteiger charge is 2.26. The molecule has 2 N–H and O–H groups in total. The fourth-order valence-electron chi connectivity index (χ4n) is 2.95. The van der Waals surface area contributed by atoms with Gasteiger partial charge in [0.2, 0.25) is 0 Å². The predicted molar refractivity (Wildman–Crippen MR) is 76.4 cm³/mol. The quantitative estimate of drug-likeness (QED) is 0.836. The van der Waals surface area contributed by atoms with Crippen LogP contribution >= 0.6 is 11.3 Å². The molecule has 1 unspecified atom stereocenters. The molecular weight excluding hydrogens is 226 g/mol. The van der Waals surface area contributed by atoms with E-state index in [4.69, 9.17) is 5.73 Å². The predicted octanol–water partition coefficient (Wildman–Crippen LogP) is 4.53. The van der Waals surface area contributed by atoms with Gasteiger partial charge in [0.1, 0.15) is 0 Å². The van der Waals surface area contributed by atoms with Crippen LogP contribution in [0, 0.1) is 11.8 Å². The number of hydrogen-bond donors (Lipinski definition) is 1. The van der Waals surface area contributed by atoms with Gasteiger partial charge in [-0.05, 0) is 43.2 Å². The Morgan fingerprint density at radius 1 is 1.24 bits per heavy atom. The zero-order valence-electron chi connectivity index (χ0n) is 11.1. The molecule has 2 heteroatoms. The molecule has 0 spiro atoms. The van der Waals surface area contributed by atoms with E-state index in [2.05, 4.69) is 26.0 Å². The highest BCUT2D eigenvalue weighted by Crippen LogP contribution is 2.38. The van der Waals surface area contributed by atoms with Gasteiger partial charge in [0.25, 0.3) is 0 Å². The number of thiophene rings is 1. The first-order chi connectivity index (χ1) is 8.24. The van der Waals surface area contributed by atoms with Crippen LogP contribution < -0.4 is 5.73 Å². The maximum atomic E-state index is 6.44. The number of hydrogen-bond acceptors (Lipinski definition) is 2. The van der Waals surface area contributed by atoms with Crippen molar-refractivity contribution in [3.8, 4) is 0 Å². The van der Waals surface area contributed by atoms with E-state index in [1.807, 2.05) is 11.3 Å². The molecule has 1 aromatic heterocycles. The van der Waals surface area contributed by atoms with Crippen LogP contribution in [0.5, 0.6) is 0 Å². The summed E-state index contributed by atoms with van der Waals surface area (Å²) in [5.74, 6) is 1.69. The van der Waals surface area contributed by atoms with Gasteiger partial charge in [-0.3, -0.25) is 0 Å². The Balaban J connectivity index is 1.94. The normalized spacial score (nSPS) is 27.0. The van der Waals surface area contributed by atoms with Gasteiger partial charge in [0.05, 0.1) is 0 Å². The lowest BCUT2D eigenvalue weighted by molar-refractivity contribution is 0.241. The van der Waals surface area contributed by atoms with Gasteiger partial charge in [-0.1, -0.05) is 33.1 Å². The van der Waals surface area contributed by atoms with Crippen molar-refractivity contribution in [3.05, 3.63) is 21.9 Å². The van der Waals surface area contributed by atoms with E-state index in [0.29, 0.717) is 0 Å². The summed E-state index contributed by atoms with van der Waals surface area (Å²) in [7, 11) is 0. The first-order valence-electron chi connectivity index (χ1n) is 7.08. The van der Waals surface area contributed by atoms with E-state index < -0.39 is 0 Å². The molecule has 0 aliphatic heterocycles. The topological polar surface area (TPSA) is 26.0 Å². The van der Waals surface area contributed by atoms with Crippen molar-refractivity contribution < 1.29 is 0 Å². The zero-order chi connectivity index (χ0) is 12.3. The molecule has 1 saturated carbocycles. The van der Waals surface area contributed by atoms with Crippen molar-refractivity contribution in [3.63, 3.8) is 0 Å². The molecule has 0 amide bonds. The molecule has 0 saturated heterocycles. The molecule has 1 aliphatic carbocycles. The summed E-state index contributed by atoms with van der Waals surface area (Å²) in [6.07, 6.45) is 7.93. The van der Waals surface area contributed by atoms with Crippen molar-refractivity contribution in [1.82, 2.24) is 0 Å². The van der Waals surface area contributed by atoms with Crippen molar-refractivity contribution in [2.24, 2.45) is 17.6 Å². The SMILES string of the molecule is CCc1ccc(C(N)C2CCC(CC)CC2)s1. The molecule has 2 rings (SSSR count). The van der Waals surface area contributed by atoms with E-state index in [1.54, 1.807) is 0 Å². The van der Waals surface area contributed by atoms with Crippen LogP contribution in [0.2, 0.25) is 0 Å². The van der Waals surface area contributed by atoms with E-state index >= 15 is 0 Å². The minimum absolute atomic E-state index is 0.290. The minimum atomic E-state index is 0.290. The highest BCUT2D eigenvalue weighted by atomic mass is 32.1. The molecular formula is C15H25NS. The summed E-state index contributed by atoms with van der Waals surface area (Å²) in [5.41, 5.74) is 6.44. The standard InChI is InChI=1S/C15H25NS/c1-3-11-5-7-12(8-6-11)15(16)14-10-9-13(4-2)17-14/h9-12,15H,3-8,16H2,1-2H3. The molecule has 1 aliphatic rings. The van der Waals surface area contributed by atoms with E-state index in [9.17, 15) is 0 Å². The molecule has 1 aromatic rings. The lowest BCUT2D eigenvalue weighted by Crippen LogP contribution is -2.25. The van der Waals surface area contributed by atoms with Gasteiger partial charge in [-0.2, -0.15) is 0 Å². The summed E-state index contributed by atoms with van der Waals surface area (Å²) >= 11 is 1.92. The maximum absolute atomic E-state index is 6.44. The largest absolute Gasteiger partial charge is 0.323 e. The van der Waals surface area contributed by atoms with Crippen LogP contribution in [0.15, 0.2) is 12.1 Å². The Morgan fingerprint density at radius 2 is 1.94 bits per heavy atom. The van der Waals surface area contributed by atoms with E-state index in [0.717, 1.165) is 18.3 Å². The van der Waals surface area contributed by atoms with Crippen LogP contribution in [-0.4, -0.2) is 0 Å². The van der Waals surface area contributed by atoms with Gasteiger partial charge in [-0.25, -0.2) is 0 Å². The van der Waals surface area contributed by atoms with Gasteiger partial charge in [0.15, 0.2) is 0 Å². The number of nitrogens with two attached hydrogens (primary N) is 1. The lowest BCUT2D eigenvalue weighted by Gasteiger charge is -2.31. The van der Waals surface area contributed by atoms with Crippen LogP contribution in [-0.2, 0) is 6.42 Å². The van der Waals surface area contributed by atoms with Crippen LogP contribution in [0.1, 0.15) is 61.7 Å². The fourth-order valence-corrected chi connectivity index (χ4v) is 4.00. The molecule has 1 nitrogen and oxygen atoms in total. The summed E-state index contributed by atoms with van der Waals surface area (Å²) in [6, 6.07) is 4.79. The summed E-state index contributed by atoms with van der Waals surface area (Å²) in [5, 5.41) is 0. The third-order valence-corrected chi connectivity index (χ3v) is 5.67. The second-order valence-corrected chi connectivity index (χ2v) is 6.57. The van der Waals surface area contributed by atoms with Crippen molar-refractivity contribution >= 4 is 11.3 Å². The zero-order valence-corrected chi connectivity index (χ0v) is 11.9. The van der Waals surface area contributed by atoms with Gasteiger partial charge >= 0.3 is 0 Å². The Bertz CT molecular complexity index is 336. The Hall–Kier alpha value is -0.340. The Kier molecular flexibility index (Phi) is 4.63. The van der Waals surface area contributed by atoms with Crippen molar-refractivity contribution in [2.45, 2.75) is 58.4 Å². The van der Waals surface area contributed by atoms with Gasteiger partial charge in [-0.15, -0.1) is 11.3 Å². The third-order valence-electron chi connectivity index (χ3n) is 4.34. The minimum Gasteiger partial charge on any atom is -0.323 e. The second-order valence-electron chi connectivity index (χ2n) is 5.37. The van der Waals surface area contributed by atoms with Crippen molar-refractivity contribution in [1.29, 1.82) is 0 Å². The van der Waals surface area contributed by atoms with E-state index in [1.165, 1.54) is 41.9 Å². The van der Waals surface area contributed by atoms with Crippen LogP contribution in [0.3, 0.4) is 0 Å². The second kappa shape index (κ2) is 6.01.